The lowest BCUT2D eigenvalue weighted by molar-refractivity contribution is -0.122. The summed E-state index contributed by atoms with van der Waals surface area (Å²) in [5.74, 6) is 0.0996. The van der Waals surface area contributed by atoms with Crippen molar-refractivity contribution in [1.29, 1.82) is 0 Å². The number of carbonyl (C=O) groups is 6. The highest BCUT2D eigenvalue weighted by Crippen LogP contribution is 2.21. The minimum Gasteiger partial charge on any atom is -0.447 e. The van der Waals surface area contributed by atoms with Crippen molar-refractivity contribution in [2.24, 2.45) is 5.41 Å². The van der Waals surface area contributed by atoms with Gasteiger partial charge in [0.2, 0.25) is 5.91 Å². The molecule has 0 heterocycles. The number of ether oxygens (including phenoxy) is 8. The van der Waals surface area contributed by atoms with Crippen LogP contribution in [0.4, 0.5) is 21.0 Å². The summed E-state index contributed by atoms with van der Waals surface area (Å²) in [5.41, 5.74) is 0.749. The third-order valence-corrected chi connectivity index (χ3v) is 8.22. The number of hydrogen-bond acceptors (Lipinski definition) is 16. The monoisotopic (exact) mass is 862 g/mol. The van der Waals surface area contributed by atoms with Crippen molar-refractivity contribution in [3.63, 3.8) is 0 Å². The fourth-order valence-electron chi connectivity index (χ4n) is 4.11. The Morgan fingerprint density at radius 2 is 1.09 bits per heavy atom. The normalized spacial score (nSPS) is 11.2. The smallest absolute Gasteiger partial charge is 0.407 e. The zero-order valence-electron chi connectivity index (χ0n) is 34.4. The van der Waals surface area contributed by atoms with Gasteiger partial charge in [-0.1, -0.05) is 32.5 Å². The van der Waals surface area contributed by atoms with Gasteiger partial charge in [-0.15, -0.1) is 11.8 Å². The van der Waals surface area contributed by atoms with Crippen LogP contribution in [0.25, 0.3) is 0 Å². The number of benzene rings is 1. The van der Waals surface area contributed by atoms with Crippen LogP contribution in [0.3, 0.4) is 0 Å². The first-order valence-electron chi connectivity index (χ1n) is 18.9. The van der Waals surface area contributed by atoms with Gasteiger partial charge < -0.3 is 59.2 Å². The third-order valence-electron chi connectivity index (χ3n) is 6.57. The molecule has 330 valence electrons. The summed E-state index contributed by atoms with van der Waals surface area (Å²) in [5, 5.41) is 10.4. The average Bonchev–Trinajstić information content (AvgIpc) is 3.14. The number of nitrogens with one attached hydrogen (secondary N) is 4. The van der Waals surface area contributed by atoms with E-state index in [0.717, 1.165) is 11.8 Å². The lowest BCUT2D eigenvalue weighted by Gasteiger charge is -2.17. The quantitative estimate of drug-likeness (QED) is 0.0729. The molecule has 0 radical (unpaired) electrons. The van der Waals surface area contributed by atoms with Crippen molar-refractivity contribution < 1.29 is 66.7 Å². The number of thioether (sulfide) groups is 2. The zero-order chi connectivity index (χ0) is 42.9. The number of Topliss-reactive ketones (excluding diaryl/α,β-unsaturated/α-hetero) is 2. The Labute approximate surface area is 349 Å². The second-order valence-corrected chi connectivity index (χ2v) is 15.7. The Bertz CT molecular complexity index is 1370. The Balaban J connectivity index is 2.57. The summed E-state index contributed by atoms with van der Waals surface area (Å²) in [7, 11) is 0. The molecule has 4 N–H and O–H groups in total. The molecule has 0 aliphatic rings. The third kappa shape index (κ3) is 32.6. The maximum Gasteiger partial charge on any atom is 0.407 e. The highest BCUT2D eigenvalue weighted by atomic mass is 32.2. The van der Waals surface area contributed by atoms with E-state index in [0.29, 0.717) is 83.3 Å². The predicted octanol–water partition coefficient (Wildman–Crippen LogP) is 3.42. The van der Waals surface area contributed by atoms with E-state index >= 15 is 0 Å². The SMILES string of the molecule is CC(=O)COCCOCCOCCSCC(=O)Nc1cc(NC(=O)SCCOCCOCCOCC(C)=O)cc(C(=O)NCCNC(=O)OCCOCC(C)(C)C)c1. The van der Waals surface area contributed by atoms with E-state index in [2.05, 4.69) is 21.3 Å². The summed E-state index contributed by atoms with van der Waals surface area (Å²) in [6.45, 7) is 13.6. The number of anilines is 2. The molecule has 0 saturated heterocycles. The maximum absolute atomic E-state index is 13.1. The fourth-order valence-corrected chi connectivity index (χ4v) is 5.32. The van der Waals surface area contributed by atoms with E-state index < -0.39 is 17.2 Å². The second kappa shape index (κ2) is 33.5. The maximum atomic E-state index is 13.1. The van der Waals surface area contributed by atoms with Crippen molar-refractivity contribution in [2.75, 3.05) is 140 Å². The van der Waals surface area contributed by atoms with Gasteiger partial charge in [-0.25, -0.2) is 4.79 Å². The Morgan fingerprint density at radius 3 is 1.66 bits per heavy atom. The van der Waals surface area contributed by atoms with Gasteiger partial charge in [-0.05, 0) is 37.5 Å². The lowest BCUT2D eigenvalue weighted by Crippen LogP contribution is -2.35. The number of ketones is 2. The number of alkyl carbamates (subject to hydrolysis) is 1. The van der Waals surface area contributed by atoms with Gasteiger partial charge in [-0.3, -0.25) is 24.0 Å². The molecule has 0 unspecified atom stereocenters. The molecule has 0 aromatic heterocycles. The van der Waals surface area contributed by atoms with Crippen LogP contribution in [0, 0.1) is 5.41 Å². The van der Waals surface area contributed by atoms with Crippen LogP contribution in [0.1, 0.15) is 45.0 Å². The first kappa shape index (κ1) is 52.7. The molecular weight excluding hydrogens is 801 g/mol. The first-order chi connectivity index (χ1) is 27.7. The van der Waals surface area contributed by atoms with Crippen LogP contribution in [0.15, 0.2) is 18.2 Å². The van der Waals surface area contributed by atoms with Crippen LogP contribution >= 0.6 is 23.5 Å². The number of hydrogen-bond donors (Lipinski definition) is 4. The van der Waals surface area contributed by atoms with E-state index in [9.17, 15) is 28.8 Å². The number of carbonyl (C=O) groups excluding carboxylic acids is 6. The van der Waals surface area contributed by atoms with E-state index in [1.807, 2.05) is 20.8 Å². The second-order valence-electron chi connectivity index (χ2n) is 13.6. The minimum atomic E-state index is -0.644. The van der Waals surface area contributed by atoms with Crippen molar-refractivity contribution >= 4 is 69.6 Å². The van der Waals surface area contributed by atoms with Gasteiger partial charge in [-0.2, -0.15) is 0 Å². The van der Waals surface area contributed by atoms with Gasteiger partial charge in [0.15, 0.2) is 11.6 Å². The van der Waals surface area contributed by atoms with Gasteiger partial charge in [0.1, 0.15) is 19.8 Å². The zero-order valence-corrected chi connectivity index (χ0v) is 36.0. The Morgan fingerprint density at radius 1 is 0.586 bits per heavy atom. The number of amides is 4. The lowest BCUT2D eigenvalue weighted by atomic mass is 9.99. The molecule has 1 aromatic rings. The summed E-state index contributed by atoms with van der Waals surface area (Å²) in [6.07, 6.45) is -0.644. The minimum absolute atomic E-state index is 0.00242. The molecule has 0 bridgehead atoms. The molecule has 0 saturated carbocycles. The van der Waals surface area contributed by atoms with Gasteiger partial charge in [0.05, 0.1) is 85.0 Å². The molecule has 1 aromatic carbocycles. The van der Waals surface area contributed by atoms with E-state index in [-0.39, 0.29) is 86.0 Å². The highest BCUT2D eigenvalue weighted by molar-refractivity contribution is 8.13. The molecular formula is C38H62N4O14S2. The first-order valence-corrected chi connectivity index (χ1v) is 21.1. The fraction of sp³-hybridized carbons (Fsp3) is 0.684. The molecule has 20 heteroatoms. The van der Waals surface area contributed by atoms with Crippen molar-refractivity contribution in [1.82, 2.24) is 10.6 Å². The van der Waals surface area contributed by atoms with Crippen LogP contribution in [0.2, 0.25) is 0 Å². The summed E-state index contributed by atoms with van der Waals surface area (Å²) >= 11 is 2.34. The van der Waals surface area contributed by atoms with E-state index in [1.54, 1.807) is 6.07 Å². The number of rotatable bonds is 34. The summed E-state index contributed by atoms with van der Waals surface area (Å²) in [6, 6.07) is 4.51. The molecule has 1 rings (SSSR count). The summed E-state index contributed by atoms with van der Waals surface area (Å²) < 4.78 is 42.5. The summed E-state index contributed by atoms with van der Waals surface area (Å²) in [4.78, 5) is 72.3. The van der Waals surface area contributed by atoms with Crippen LogP contribution in [-0.2, 0) is 52.3 Å². The Kier molecular flexibility index (Phi) is 30.4. The average molecular weight is 863 g/mol. The van der Waals surface area contributed by atoms with Gasteiger partial charge in [0, 0.05) is 41.5 Å². The molecule has 0 aliphatic carbocycles. The molecule has 4 amide bonds. The van der Waals surface area contributed by atoms with Crippen LogP contribution < -0.4 is 21.3 Å². The molecule has 0 spiro atoms. The largest absolute Gasteiger partial charge is 0.447 e. The molecule has 0 atom stereocenters. The predicted molar refractivity (Wildman–Crippen MR) is 222 cm³/mol. The van der Waals surface area contributed by atoms with Gasteiger partial charge >= 0.3 is 6.09 Å². The van der Waals surface area contributed by atoms with Crippen LogP contribution in [0.5, 0.6) is 0 Å². The highest BCUT2D eigenvalue weighted by Gasteiger charge is 2.14. The molecule has 0 aliphatic heterocycles. The van der Waals surface area contributed by atoms with Crippen molar-refractivity contribution in [3.05, 3.63) is 23.8 Å². The molecule has 58 heavy (non-hydrogen) atoms. The standard InChI is InChI=1S/C38H62N4O14S2/c1-29(43)25-53-14-12-49-8-10-51-18-20-57-27-34(45)41-32-22-31(35(46)39-6-7-40-36(47)56-17-16-55-28-38(3,4)5)23-33(24-32)42-37(48)58-21-19-52-11-9-50-13-15-54-26-30(2)44/h22-24H,6-21,25-28H2,1-5H3,(H,39,46)(H,40,47)(H,41,45)(H,42,48). The molecule has 18 nitrogen and oxygen atoms in total. The van der Waals surface area contributed by atoms with E-state index in [4.69, 9.17) is 37.9 Å². The molecule has 0 fully saturated rings. The Hall–Kier alpha value is -3.34. The van der Waals surface area contributed by atoms with Gasteiger partial charge in [0.25, 0.3) is 11.1 Å². The van der Waals surface area contributed by atoms with Crippen molar-refractivity contribution in [2.45, 2.75) is 34.6 Å². The van der Waals surface area contributed by atoms with E-state index in [1.165, 1.54) is 37.7 Å². The van der Waals surface area contributed by atoms with Crippen LogP contribution in [-0.4, -0.2) is 164 Å². The van der Waals surface area contributed by atoms with Crippen molar-refractivity contribution in [3.8, 4) is 0 Å². The topological polar surface area (TPSA) is 224 Å².